The fourth-order valence-electron chi connectivity index (χ4n) is 4.80. The van der Waals surface area contributed by atoms with Gasteiger partial charge in [0.2, 0.25) is 0 Å². The number of nitrogens with one attached hydrogen (secondary N) is 3. The van der Waals surface area contributed by atoms with E-state index in [2.05, 4.69) is 37.7 Å². The van der Waals surface area contributed by atoms with Gasteiger partial charge in [0.05, 0.1) is 18.0 Å². The van der Waals surface area contributed by atoms with Crippen LogP contribution in [0.1, 0.15) is 54.8 Å². The highest BCUT2D eigenvalue weighted by atomic mass is 32.2. The molecule has 1 aromatic rings. The molecule has 1 aromatic heterocycles. The second-order valence-corrected chi connectivity index (χ2v) is 11.6. The van der Waals surface area contributed by atoms with Crippen LogP contribution in [-0.4, -0.2) is 66.9 Å². The molecule has 1 fully saturated rings. The molecule has 3 aliphatic rings. The third-order valence-electron chi connectivity index (χ3n) is 6.74. The number of rotatable bonds is 7. The molecule has 3 N–H and O–H groups in total. The molecule has 0 bridgehead atoms. The number of aromatic nitrogens is 2. The number of nitrogens with zero attached hydrogens (tertiary/aromatic N) is 3. The third kappa shape index (κ3) is 6.15. The van der Waals surface area contributed by atoms with Crippen LogP contribution in [0, 0.1) is 17.2 Å². The van der Waals surface area contributed by atoms with Crippen LogP contribution < -0.4 is 10.6 Å². The first kappa shape index (κ1) is 24.2. The molecule has 10 heteroatoms. The number of carbonyl (C=O) groups is 1. The topological polar surface area (TPSA) is 131 Å². The van der Waals surface area contributed by atoms with Crippen LogP contribution in [0.4, 0.5) is 0 Å². The van der Waals surface area contributed by atoms with Gasteiger partial charge in [-0.2, -0.15) is 5.26 Å². The summed E-state index contributed by atoms with van der Waals surface area (Å²) in [6.07, 6.45) is 15.2. The lowest BCUT2D eigenvalue weighted by molar-refractivity contribution is 0.0953. The second-order valence-electron chi connectivity index (χ2n) is 9.30. The van der Waals surface area contributed by atoms with Gasteiger partial charge >= 0.3 is 0 Å². The zero-order valence-corrected chi connectivity index (χ0v) is 20.3. The molecular weight excluding hydrogens is 452 g/mol. The van der Waals surface area contributed by atoms with E-state index in [1.165, 1.54) is 30.1 Å². The van der Waals surface area contributed by atoms with Gasteiger partial charge in [-0.05, 0) is 69.3 Å². The lowest BCUT2D eigenvalue weighted by Crippen LogP contribution is -2.45. The minimum Gasteiger partial charge on any atom is -0.376 e. The van der Waals surface area contributed by atoms with Gasteiger partial charge in [-0.15, -0.1) is 0 Å². The number of carbonyl (C=O) groups excluding carboxylic acids is 1. The molecular formula is C24H32N6O3S. The maximum Gasteiger partial charge on any atom is 0.291 e. The molecule has 3 heterocycles. The quantitative estimate of drug-likeness (QED) is 0.505. The Morgan fingerprint density at radius 3 is 2.74 bits per heavy atom. The zero-order chi connectivity index (χ0) is 24.1. The van der Waals surface area contributed by atoms with E-state index in [0.29, 0.717) is 12.5 Å². The number of piperidine rings is 1. The largest absolute Gasteiger partial charge is 0.376 e. The molecule has 34 heavy (non-hydrogen) atoms. The standard InChI is InChI=1S/C24H32N6O3S/c1-34(32,33)14-13-30-11-9-17(10-12-30)20-7-8-21(22(28-20)18-5-3-2-4-6-18)29-24(31)23-26-16-19(15-25)27-23/h5,7-8,16-17,22,28H,2-4,6,9-14H2,1H3,(H,26,27)(H,29,31). The fourth-order valence-corrected chi connectivity index (χ4v) is 5.39. The van der Waals surface area contributed by atoms with Gasteiger partial charge in [-0.25, -0.2) is 13.4 Å². The summed E-state index contributed by atoms with van der Waals surface area (Å²) in [5.74, 6) is 0.321. The number of likely N-dealkylation sites (tertiary alicyclic amines) is 1. The van der Waals surface area contributed by atoms with Gasteiger partial charge in [-0.3, -0.25) is 4.79 Å². The van der Waals surface area contributed by atoms with Crippen LogP contribution in [0.25, 0.3) is 0 Å². The number of amides is 1. The van der Waals surface area contributed by atoms with Crippen molar-refractivity contribution in [3.05, 3.63) is 52.9 Å². The van der Waals surface area contributed by atoms with E-state index in [-0.39, 0.29) is 29.2 Å². The highest BCUT2D eigenvalue weighted by Crippen LogP contribution is 2.30. The molecule has 1 atom stereocenters. The summed E-state index contributed by atoms with van der Waals surface area (Å²) in [7, 11) is -2.95. The fraction of sp³-hybridized carbons (Fsp3) is 0.542. The number of sulfone groups is 1. The SMILES string of the molecule is CS(=O)(=O)CCN1CCC(C2=CC=C(NC(=O)c3ncc(C#N)[nH]3)C(C3=CCCCC3)N2)CC1. The maximum atomic E-state index is 12.8. The van der Waals surface area contributed by atoms with E-state index < -0.39 is 9.84 Å². The summed E-state index contributed by atoms with van der Waals surface area (Å²) in [6.45, 7) is 2.34. The molecule has 1 aliphatic carbocycles. The van der Waals surface area contributed by atoms with Gasteiger partial charge in [0, 0.05) is 30.1 Å². The number of nitriles is 1. The van der Waals surface area contributed by atoms with Gasteiger partial charge < -0.3 is 20.5 Å². The summed E-state index contributed by atoms with van der Waals surface area (Å²) >= 11 is 0. The first-order chi connectivity index (χ1) is 16.3. The second kappa shape index (κ2) is 10.6. The molecule has 0 aromatic carbocycles. The molecule has 0 radical (unpaired) electrons. The Labute approximate surface area is 200 Å². The van der Waals surface area contributed by atoms with Crippen molar-refractivity contribution in [2.24, 2.45) is 5.92 Å². The Kier molecular flexibility index (Phi) is 7.54. The maximum absolute atomic E-state index is 12.8. The smallest absolute Gasteiger partial charge is 0.291 e. The van der Waals surface area contributed by atoms with Crippen molar-refractivity contribution in [3.8, 4) is 6.07 Å². The first-order valence-electron chi connectivity index (χ1n) is 11.9. The molecule has 1 saturated heterocycles. The molecule has 182 valence electrons. The van der Waals surface area contributed by atoms with E-state index in [1.807, 2.05) is 12.1 Å². The number of dihydropyridines is 1. The predicted molar refractivity (Wildman–Crippen MR) is 129 cm³/mol. The summed E-state index contributed by atoms with van der Waals surface area (Å²) in [6, 6.07) is 1.85. The molecule has 4 rings (SSSR count). The van der Waals surface area contributed by atoms with Crippen LogP contribution in [0.3, 0.4) is 0 Å². The Hall–Kier alpha value is -2.90. The van der Waals surface area contributed by atoms with E-state index in [9.17, 15) is 13.2 Å². The zero-order valence-electron chi connectivity index (χ0n) is 19.5. The van der Waals surface area contributed by atoms with Crippen molar-refractivity contribution in [2.75, 3.05) is 31.6 Å². The molecule has 9 nitrogen and oxygen atoms in total. The monoisotopic (exact) mass is 484 g/mol. The molecule has 0 spiro atoms. The van der Waals surface area contributed by atoms with Crippen LogP contribution in [-0.2, 0) is 9.84 Å². The minimum atomic E-state index is -2.95. The Balaban J connectivity index is 1.45. The first-order valence-corrected chi connectivity index (χ1v) is 13.9. The Morgan fingerprint density at radius 2 is 2.09 bits per heavy atom. The Bertz CT molecular complexity index is 1150. The number of aromatic amines is 1. The van der Waals surface area contributed by atoms with Crippen molar-refractivity contribution in [2.45, 2.75) is 44.6 Å². The van der Waals surface area contributed by atoms with E-state index in [0.717, 1.165) is 50.9 Å². The number of H-pyrrole nitrogens is 1. The summed E-state index contributed by atoms with van der Waals surface area (Å²) < 4.78 is 23.0. The number of allylic oxidation sites excluding steroid dienone is 4. The number of imidazole rings is 1. The highest BCUT2D eigenvalue weighted by molar-refractivity contribution is 7.90. The van der Waals surface area contributed by atoms with E-state index in [4.69, 9.17) is 5.26 Å². The number of hydrogen-bond acceptors (Lipinski definition) is 7. The predicted octanol–water partition coefficient (Wildman–Crippen LogP) is 2.01. The van der Waals surface area contributed by atoms with Crippen molar-refractivity contribution in [3.63, 3.8) is 0 Å². The van der Waals surface area contributed by atoms with Crippen molar-refractivity contribution >= 4 is 15.7 Å². The summed E-state index contributed by atoms with van der Waals surface area (Å²) in [5.41, 5.74) is 3.48. The average molecular weight is 485 g/mol. The van der Waals surface area contributed by atoms with Gasteiger partial charge in [0.25, 0.3) is 5.91 Å². The van der Waals surface area contributed by atoms with Gasteiger partial charge in [-0.1, -0.05) is 6.08 Å². The summed E-state index contributed by atoms with van der Waals surface area (Å²) in [4.78, 5) is 21.7. The van der Waals surface area contributed by atoms with Crippen molar-refractivity contribution in [1.82, 2.24) is 25.5 Å². The number of hydrogen-bond donors (Lipinski definition) is 3. The highest BCUT2D eigenvalue weighted by Gasteiger charge is 2.30. The molecule has 1 unspecified atom stereocenters. The third-order valence-corrected chi connectivity index (χ3v) is 7.66. The van der Waals surface area contributed by atoms with E-state index >= 15 is 0 Å². The normalized spacial score (nSPS) is 22.1. The van der Waals surface area contributed by atoms with Crippen LogP contribution in [0.15, 0.2) is 41.4 Å². The summed E-state index contributed by atoms with van der Waals surface area (Å²) in [5, 5.41) is 15.7. The van der Waals surface area contributed by atoms with Crippen molar-refractivity contribution in [1.29, 1.82) is 5.26 Å². The average Bonchev–Trinajstić information content (AvgIpc) is 3.33. The molecule has 2 aliphatic heterocycles. The van der Waals surface area contributed by atoms with E-state index in [1.54, 1.807) is 0 Å². The Morgan fingerprint density at radius 1 is 1.29 bits per heavy atom. The minimum absolute atomic E-state index is 0.0992. The lowest BCUT2D eigenvalue weighted by Gasteiger charge is -2.37. The molecule has 1 amide bonds. The molecule has 0 saturated carbocycles. The van der Waals surface area contributed by atoms with Gasteiger partial charge in [0.1, 0.15) is 21.6 Å². The van der Waals surface area contributed by atoms with Gasteiger partial charge in [0.15, 0.2) is 5.82 Å². The van der Waals surface area contributed by atoms with Crippen LogP contribution >= 0.6 is 0 Å². The van der Waals surface area contributed by atoms with Crippen LogP contribution in [0.5, 0.6) is 0 Å². The van der Waals surface area contributed by atoms with Crippen molar-refractivity contribution < 1.29 is 13.2 Å². The van der Waals surface area contributed by atoms with Crippen LogP contribution in [0.2, 0.25) is 0 Å². The lowest BCUT2D eigenvalue weighted by atomic mass is 9.87.